The average Bonchev–Trinajstić information content (AvgIpc) is 3.45. The van der Waals surface area contributed by atoms with E-state index in [1.165, 1.54) is 4.90 Å². The van der Waals surface area contributed by atoms with Crippen LogP contribution in [-0.2, 0) is 14.6 Å². The molecule has 3 aliphatic rings. The molecule has 1 atom stereocenters. The number of piperazine rings is 1. The molecule has 2 heterocycles. The van der Waals surface area contributed by atoms with Crippen molar-refractivity contribution in [2.24, 2.45) is 0 Å². The minimum Gasteiger partial charge on any atom is -0.497 e. The van der Waals surface area contributed by atoms with Gasteiger partial charge in [0.25, 0.3) is 5.91 Å². The van der Waals surface area contributed by atoms with Crippen LogP contribution in [0.1, 0.15) is 19.3 Å². The van der Waals surface area contributed by atoms with E-state index in [0.29, 0.717) is 13.0 Å². The van der Waals surface area contributed by atoms with Gasteiger partial charge in [0, 0.05) is 23.8 Å². The van der Waals surface area contributed by atoms with Crippen molar-refractivity contribution in [3.05, 3.63) is 24.3 Å². The van der Waals surface area contributed by atoms with E-state index < -0.39 is 9.84 Å². The van der Waals surface area contributed by atoms with E-state index in [1.807, 2.05) is 23.1 Å². The zero-order valence-electron chi connectivity index (χ0n) is 16.5. The Hall–Kier alpha value is -1.80. The van der Waals surface area contributed by atoms with Gasteiger partial charge in [-0.2, -0.15) is 0 Å². The lowest BCUT2D eigenvalue weighted by Crippen LogP contribution is -3.16. The average molecular weight is 409 g/mol. The molecule has 8 heteroatoms. The first kappa shape index (κ1) is 19.5. The second kappa shape index (κ2) is 7.91. The number of carbonyl (C=O) groups is 1. The minimum absolute atomic E-state index is 0.109. The van der Waals surface area contributed by atoms with Gasteiger partial charge in [-0.3, -0.25) is 4.79 Å². The van der Waals surface area contributed by atoms with E-state index in [9.17, 15) is 13.2 Å². The van der Waals surface area contributed by atoms with E-state index in [-0.39, 0.29) is 29.5 Å². The molecule has 1 aliphatic carbocycles. The molecular formula is C20H30N3O4S+. The number of benzene rings is 1. The summed E-state index contributed by atoms with van der Waals surface area (Å²) in [6.45, 7) is 4.09. The number of amides is 1. The molecule has 1 saturated carbocycles. The first-order chi connectivity index (χ1) is 13.4. The third kappa shape index (κ3) is 4.43. The van der Waals surface area contributed by atoms with Crippen molar-refractivity contribution in [3.8, 4) is 5.75 Å². The van der Waals surface area contributed by atoms with Crippen LogP contribution in [0.25, 0.3) is 0 Å². The molecule has 154 valence electrons. The fourth-order valence-electron chi connectivity index (χ4n) is 4.42. The van der Waals surface area contributed by atoms with Crippen molar-refractivity contribution in [3.63, 3.8) is 0 Å². The molecule has 0 aromatic heterocycles. The smallest absolute Gasteiger partial charge is 0.278 e. The predicted octanol–water partition coefficient (Wildman–Crippen LogP) is -0.422. The van der Waals surface area contributed by atoms with E-state index in [2.05, 4.69) is 11.0 Å². The van der Waals surface area contributed by atoms with Crippen LogP contribution in [-0.4, -0.2) is 82.6 Å². The SMILES string of the molecule is COc1cccc(N2CC[NH+](CC(=O)N(C3CC3)[C@H]3CCS(=O)(=O)C3)CC2)c1. The highest BCUT2D eigenvalue weighted by atomic mass is 32.2. The Morgan fingerprint density at radius 2 is 1.96 bits per heavy atom. The molecule has 2 saturated heterocycles. The van der Waals surface area contributed by atoms with Crippen LogP contribution in [0.15, 0.2) is 24.3 Å². The molecule has 0 bridgehead atoms. The molecule has 1 N–H and O–H groups in total. The topological polar surface area (TPSA) is 71.4 Å². The standard InChI is InChI=1S/C20H29N3O4S/c1-27-19-4-2-3-17(13-19)22-10-8-21(9-11-22)14-20(24)23(16-5-6-16)18-7-12-28(25,26)15-18/h2-4,13,16,18H,5-12,14-15H2,1H3/p+1/t18-/m0/s1. The van der Waals surface area contributed by atoms with Crippen molar-refractivity contribution in [2.75, 3.05) is 56.2 Å². The molecule has 3 fully saturated rings. The van der Waals surface area contributed by atoms with E-state index in [1.54, 1.807) is 7.11 Å². The number of ether oxygens (including phenoxy) is 1. The Morgan fingerprint density at radius 3 is 2.57 bits per heavy atom. The Bertz CT molecular complexity index is 816. The van der Waals surface area contributed by atoms with E-state index in [4.69, 9.17) is 4.74 Å². The molecule has 0 radical (unpaired) electrons. The minimum atomic E-state index is -2.97. The van der Waals surface area contributed by atoms with Crippen LogP contribution in [0.2, 0.25) is 0 Å². The number of methoxy groups -OCH3 is 1. The molecule has 1 aromatic carbocycles. The highest BCUT2D eigenvalue weighted by Crippen LogP contribution is 2.32. The maximum absolute atomic E-state index is 13.0. The van der Waals surface area contributed by atoms with Gasteiger partial charge < -0.3 is 19.4 Å². The highest BCUT2D eigenvalue weighted by molar-refractivity contribution is 7.91. The van der Waals surface area contributed by atoms with Gasteiger partial charge in [-0.1, -0.05) is 6.07 Å². The van der Waals surface area contributed by atoms with Gasteiger partial charge in [-0.05, 0) is 31.4 Å². The first-order valence-corrected chi connectivity index (χ1v) is 12.0. The van der Waals surface area contributed by atoms with Gasteiger partial charge in [0.05, 0.1) is 44.8 Å². The lowest BCUT2D eigenvalue weighted by atomic mass is 10.2. The Kier molecular flexibility index (Phi) is 5.51. The number of anilines is 1. The number of nitrogens with zero attached hydrogens (tertiary/aromatic N) is 2. The number of rotatable bonds is 6. The summed E-state index contributed by atoms with van der Waals surface area (Å²) in [4.78, 5) is 18.5. The quantitative estimate of drug-likeness (QED) is 0.692. The molecule has 28 heavy (non-hydrogen) atoms. The summed E-state index contributed by atoms with van der Waals surface area (Å²) in [6.07, 6.45) is 2.63. The van der Waals surface area contributed by atoms with Crippen LogP contribution in [0.5, 0.6) is 5.75 Å². The van der Waals surface area contributed by atoms with Gasteiger partial charge >= 0.3 is 0 Å². The van der Waals surface area contributed by atoms with Crippen LogP contribution >= 0.6 is 0 Å². The van der Waals surface area contributed by atoms with Crippen molar-refractivity contribution >= 4 is 21.4 Å². The molecule has 7 nitrogen and oxygen atoms in total. The summed E-state index contributed by atoms with van der Waals surface area (Å²) in [7, 11) is -1.30. The van der Waals surface area contributed by atoms with Crippen LogP contribution in [0, 0.1) is 0 Å². The monoisotopic (exact) mass is 408 g/mol. The summed E-state index contributed by atoms with van der Waals surface area (Å²) in [5.74, 6) is 1.36. The Morgan fingerprint density at radius 1 is 1.21 bits per heavy atom. The summed E-state index contributed by atoms with van der Waals surface area (Å²) in [5, 5.41) is 0. The van der Waals surface area contributed by atoms with Gasteiger partial charge in [-0.25, -0.2) is 8.42 Å². The summed E-state index contributed by atoms with van der Waals surface area (Å²) >= 11 is 0. The number of sulfone groups is 1. The van der Waals surface area contributed by atoms with Gasteiger partial charge in [0.2, 0.25) is 0 Å². The number of hydrogen-bond donors (Lipinski definition) is 1. The second-order valence-corrected chi connectivity index (χ2v) is 10.4. The third-order valence-corrected chi connectivity index (χ3v) is 7.87. The van der Waals surface area contributed by atoms with Crippen molar-refractivity contribution in [2.45, 2.75) is 31.3 Å². The van der Waals surface area contributed by atoms with Crippen LogP contribution in [0.4, 0.5) is 5.69 Å². The molecule has 2 aliphatic heterocycles. The summed E-state index contributed by atoms with van der Waals surface area (Å²) in [6, 6.07) is 8.24. The van der Waals surface area contributed by atoms with Crippen LogP contribution < -0.4 is 14.5 Å². The second-order valence-electron chi connectivity index (χ2n) is 8.20. The number of carbonyl (C=O) groups excluding carboxylic acids is 1. The van der Waals surface area contributed by atoms with E-state index in [0.717, 1.165) is 50.5 Å². The van der Waals surface area contributed by atoms with Gasteiger partial charge in [-0.15, -0.1) is 0 Å². The molecule has 4 rings (SSSR count). The fourth-order valence-corrected chi connectivity index (χ4v) is 6.13. The lowest BCUT2D eigenvalue weighted by molar-refractivity contribution is -0.892. The Labute approximate surface area is 167 Å². The summed E-state index contributed by atoms with van der Waals surface area (Å²) < 4.78 is 29.0. The van der Waals surface area contributed by atoms with Crippen molar-refractivity contribution in [1.29, 1.82) is 0 Å². The predicted molar refractivity (Wildman–Crippen MR) is 108 cm³/mol. The number of hydrogen-bond acceptors (Lipinski definition) is 5. The maximum Gasteiger partial charge on any atom is 0.278 e. The first-order valence-electron chi connectivity index (χ1n) is 10.2. The highest BCUT2D eigenvalue weighted by Gasteiger charge is 2.43. The third-order valence-electron chi connectivity index (χ3n) is 6.12. The molecule has 1 amide bonds. The van der Waals surface area contributed by atoms with Crippen molar-refractivity contribution in [1.82, 2.24) is 4.90 Å². The molecule has 0 unspecified atom stereocenters. The summed E-state index contributed by atoms with van der Waals surface area (Å²) in [5.41, 5.74) is 1.15. The van der Waals surface area contributed by atoms with Gasteiger partial charge in [0.15, 0.2) is 16.4 Å². The largest absolute Gasteiger partial charge is 0.497 e. The van der Waals surface area contributed by atoms with Crippen LogP contribution in [0.3, 0.4) is 0 Å². The van der Waals surface area contributed by atoms with Gasteiger partial charge in [0.1, 0.15) is 5.75 Å². The zero-order valence-corrected chi connectivity index (χ0v) is 17.3. The fraction of sp³-hybridized carbons (Fsp3) is 0.650. The zero-order chi connectivity index (χ0) is 19.7. The molecular weight excluding hydrogens is 378 g/mol. The molecule has 0 spiro atoms. The normalized spacial score (nSPS) is 24.9. The number of nitrogens with one attached hydrogen (secondary N) is 1. The van der Waals surface area contributed by atoms with E-state index >= 15 is 0 Å². The maximum atomic E-state index is 13.0. The molecule has 1 aromatic rings. The number of quaternary nitrogens is 1. The lowest BCUT2D eigenvalue weighted by Gasteiger charge is -2.35. The Balaban J connectivity index is 1.33. The van der Waals surface area contributed by atoms with Crippen molar-refractivity contribution < 1.29 is 22.8 Å².